The standard InChI is InChI=1S/C16H16ClNO3/c17-14-6-3-7-15(13(14)9-18)21-10-12-5-2-1-4-11(12)8-16(19)20/h1-7H,8-10,18H2,(H,19,20). The summed E-state index contributed by atoms with van der Waals surface area (Å²) in [5, 5.41) is 9.48. The molecule has 0 saturated heterocycles. The van der Waals surface area contributed by atoms with Gasteiger partial charge in [0.05, 0.1) is 6.42 Å². The minimum Gasteiger partial charge on any atom is -0.489 e. The van der Waals surface area contributed by atoms with E-state index in [-0.39, 0.29) is 19.6 Å². The Morgan fingerprint density at radius 2 is 1.86 bits per heavy atom. The zero-order valence-corrected chi connectivity index (χ0v) is 12.1. The van der Waals surface area contributed by atoms with Crippen molar-refractivity contribution >= 4 is 17.6 Å². The van der Waals surface area contributed by atoms with Crippen LogP contribution in [0.4, 0.5) is 0 Å². The SMILES string of the molecule is NCc1c(Cl)cccc1OCc1ccccc1CC(=O)O. The lowest BCUT2D eigenvalue weighted by Gasteiger charge is -2.13. The molecule has 2 aromatic rings. The number of hydrogen-bond donors (Lipinski definition) is 2. The summed E-state index contributed by atoms with van der Waals surface area (Å²) < 4.78 is 5.76. The summed E-state index contributed by atoms with van der Waals surface area (Å²) in [6, 6.07) is 12.7. The van der Waals surface area contributed by atoms with Crippen LogP contribution < -0.4 is 10.5 Å². The molecule has 0 unspecified atom stereocenters. The number of aliphatic carboxylic acids is 1. The van der Waals surface area contributed by atoms with Gasteiger partial charge in [0.2, 0.25) is 0 Å². The monoisotopic (exact) mass is 305 g/mol. The predicted molar refractivity (Wildman–Crippen MR) is 81.5 cm³/mol. The van der Waals surface area contributed by atoms with Crippen molar-refractivity contribution in [3.8, 4) is 5.75 Å². The van der Waals surface area contributed by atoms with Gasteiger partial charge in [-0.3, -0.25) is 4.79 Å². The van der Waals surface area contributed by atoms with Crippen LogP contribution in [0.2, 0.25) is 5.02 Å². The molecular weight excluding hydrogens is 290 g/mol. The first-order valence-electron chi connectivity index (χ1n) is 6.50. The minimum absolute atomic E-state index is 0.0289. The van der Waals surface area contributed by atoms with Crippen molar-refractivity contribution in [2.45, 2.75) is 19.6 Å². The summed E-state index contributed by atoms with van der Waals surface area (Å²) in [6.07, 6.45) is -0.0289. The van der Waals surface area contributed by atoms with Crippen molar-refractivity contribution in [2.75, 3.05) is 0 Å². The molecule has 0 fully saturated rings. The lowest BCUT2D eigenvalue weighted by Crippen LogP contribution is -2.07. The molecule has 0 atom stereocenters. The van der Waals surface area contributed by atoms with Gasteiger partial charge < -0.3 is 15.6 Å². The van der Waals surface area contributed by atoms with Gasteiger partial charge in [-0.15, -0.1) is 0 Å². The molecule has 3 N–H and O–H groups in total. The Kier molecular flexibility index (Phi) is 5.20. The average Bonchev–Trinajstić information content (AvgIpc) is 2.46. The van der Waals surface area contributed by atoms with E-state index in [4.69, 9.17) is 27.2 Å². The summed E-state index contributed by atoms with van der Waals surface area (Å²) in [6.45, 7) is 0.558. The molecule has 0 heterocycles. The molecule has 2 rings (SSSR count). The summed E-state index contributed by atoms with van der Waals surface area (Å²) in [4.78, 5) is 10.9. The Morgan fingerprint density at radius 1 is 1.14 bits per heavy atom. The highest BCUT2D eigenvalue weighted by Crippen LogP contribution is 2.26. The van der Waals surface area contributed by atoms with Crippen LogP contribution in [0.15, 0.2) is 42.5 Å². The summed E-state index contributed by atoms with van der Waals surface area (Å²) in [5.74, 6) is -0.247. The molecule has 2 aromatic carbocycles. The molecule has 0 saturated carbocycles. The number of nitrogens with two attached hydrogens (primary N) is 1. The normalized spacial score (nSPS) is 10.4. The molecule has 21 heavy (non-hydrogen) atoms. The van der Waals surface area contributed by atoms with Gasteiger partial charge in [-0.1, -0.05) is 41.9 Å². The third-order valence-electron chi connectivity index (χ3n) is 3.12. The van der Waals surface area contributed by atoms with Crippen LogP contribution in [0, 0.1) is 0 Å². The van der Waals surface area contributed by atoms with E-state index in [9.17, 15) is 4.79 Å². The van der Waals surface area contributed by atoms with Crippen LogP contribution in [-0.2, 0) is 24.4 Å². The molecule has 0 bridgehead atoms. The molecule has 0 aromatic heterocycles. The molecule has 5 heteroatoms. The van der Waals surface area contributed by atoms with Crippen molar-refractivity contribution < 1.29 is 14.6 Å². The van der Waals surface area contributed by atoms with Gasteiger partial charge in [0, 0.05) is 17.1 Å². The highest BCUT2D eigenvalue weighted by molar-refractivity contribution is 6.31. The Labute approximate surface area is 128 Å². The number of hydrogen-bond acceptors (Lipinski definition) is 3. The van der Waals surface area contributed by atoms with Crippen molar-refractivity contribution in [3.05, 3.63) is 64.2 Å². The second-order valence-corrected chi connectivity index (χ2v) is 4.96. The van der Waals surface area contributed by atoms with Crippen molar-refractivity contribution in [1.29, 1.82) is 0 Å². The fourth-order valence-corrected chi connectivity index (χ4v) is 2.30. The van der Waals surface area contributed by atoms with Gasteiger partial charge in [-0.25, -0.2) is 0 Å². The van der Waals surface area contributed by atoms with Crippen molar-refractivity contribution in [3.63, 3.8) is 0 Å². The van der Waals surface area contributed by atoms with E-state index in [1.807, 2.05) is 18.2 Å². The lowest BCUT2D eigenvalue weighted by atomic mass is 10.1. The second kappa shape index (κ2) is 7.11. The number of rotatable bonds is 6. The summed E-state index contributed by atoms with van der Waals surface area (Å²) in [7, 11) is 0. The average molecular weight is 306 g/mol. The highest BCUT2D eigenvalue weighted by atomic mass is 35.5. The Morgan fingerprint density at radius 3 is 2.52 bits per heavy atom. The van der Waals surface area contributed by atoms with Crippen molar-refractivity contribution in [2.24, 2.45) is 5.73 Å². The molecule has 0 aliphatic rings. The van der Waals surface area contributed by atoms with E-state index in [0.717, 1.165) is 16.7 Å². The smallest absolute Gasteiger partial charge is 0.307 e. The second-order valence-electron chi connectivity index (χ2n) is 4.55. The third kappa shape index (κ3) is 3.97. The maximum atomic E-state index is 10.9. The topological polar surface area (TPSA) is 72.5 Å². The number of benzene rings is 2. The van der Waals surface area contributed by atoms with Gasteiger partial charge >= 0.3 is 5.97 Å². The number of carboxylic acids is 1. The van der Waals surface area contributed by atoms with Crippen molar-refractivity contribution in [1.82, 2.24) is 0 Å². The highest BCUT2D eigenvalue weighted by Gasteiger charge is 2.09. The minimum atomic E-state index is -0.868. The van der Waals surface area contributed by atoms with Crippen LogP contribution in [0.3, 0.4) is 0 Å². The Bertz CT molecular complexity index is 643. The molecule has 0 aliphatic heterocycles. The van der Waals surface area contributed by atoms with Gasteiger partial charge in [0.25, 0.3) is 0 Å². The van der Waals surface area contributed by atoms with E-state index in [1.165, 1.54) is 0 Å². The largest absolute Gasteiger partial charge is 0.489 e. The molecule has 0 aliphatic carbocycles. The predicted octanol–water partition coefficient (Wildman–Crippen LogP) is 3.00. The van der Waals surface area contributed by atoms with Crippen LogP contribution >= 0.6 is 11.6 Å². The molecule has 0 spiro atoms. The first-order chi connectivity index (χ1) is 10.1. The van der Waals surface area contributed by atoms with Gasteiger partial charge in [0.1, 0.15) is 12.4 Å². The van der Waals surface area contributed by atoms with E-state index < -0.39 is 5.97 Å². The number of carbonyl (C=O) groups is 1. The summed E-state index contributed by atoms with van der Waals surface area (Å²) in [5.41, 5.74) is 7.99. The molecule has 110 valence electrons. The van der Waals surface area contributed by atoms with Gasteiger partial charge in [-0.05, 0) is 23.3 Å². The fraction of sp³-hybridized carbons (Fsp3) is 0.188. The fourth-order valence-electron chi connectivity index (χ4n) is 2.06. The number of halogens is 1. The van der Waals surface area contributed by atoms with Gasteiger partial charge in [0.15, 0.2) is 0 Å². The third-order valence-corrected chi connectivity index (χ3v) is 3.48. The molecule has 0 amide bonds. The Hall–Kier alpha value is -2.04. The van der Waals surface area contributed by atoms with E-state index in [2.05, 4.69) is 0 Å². The maximum Gasteiger partial charge on any atom is 0.307 e. The van der Waals surface area contributed by atoms with E-state index in [1.54, 1.807) is 24.3 Å². The summed E-state index contributed by atoms with van der Waals surface area (Å²) >= 11 is 6.07. The quantitative estimate of drug-likeness (QED) is 0.860. The van der Waals surface area contributed by atoms with E-state index in [0.29, 0.717) is 10.8 Å². The van der Waals surface area contributed by atoms with Crippen LogP contribution in [-0.4, -0.2) is 11.1 Å². The van der Waals surface area contributed by atoms with Gasteiger partial charge in [-0.2, -0.15) is 0 Å². The zero-order valence-electron chi connectivity index (χ0n) is 11.4. The number of ether oxygens (including phenoxy) is 1. The zero-order chi connectivity index (χ0) is 15.2. The van der Waals surface area contributed by atoms with Crippen LogP contribution in [0.1, 0.15) is 16.7 Å². The molecular formula is C16H16ClNO3. The van der Waals surface area contributed by atoms with Crippen LogP contribution in [0.25, 0.3) is 0 Å². The Balaban J connectivity index is 2.17. The molecule has 4 nitrogen and oxygen atoms in total. The molecule has 0 radical (unpaired) electrons. The number of carboxylic acid groups (broad SMARTS) is 1. The van der Waals surface area contributed by atoms with Crippen LogP contribution in [0.5, 0.6) is 5.75 Å². The first-order valence-corrected chi connectivity index (χ1v) is 6.88. The maximum absolute atomic E-state index is 10.9. The lowest BCUT2D eigenvalue weighted by molar-refractivity contribution is -0.136. The first kappa shape index (κ1) is 15.4. The van der Waals surface area contributed by atoms with E-state index >= 15 is 0 Å².